The highest BCUT2D eigenvalue weighted by atomic mass is 16.2. The van der Waals surface area contributed by atoms with Crippen LogP contribution in [0.3, 0.4) is 0 Å². The second-order valence-corrected chi connectivity index (χ2v) is 3.60. The third-order valence-corrected chi connectivity index (χ3v) is 1.66. The van der Waals surface area contributed by atoms with E-state index in [0.717, 1.165) is 0 Å². The molecule has 10 heavy (non-hydrogen) atoms. The van der Waals surface area contributed by atoms with Gasteiger partial charge in [-0.3, -0.25) is 0 Å². The van der Waals surface area contributed by atoms with Gasteiger partial charge in [0.05, 0.1) is 0 Å². The van der Waals surface area contributed by atoms with E-state index in [1.807, 2.05) is 27.7 Å². The lowest BCUT2D eigenvalue weighted by molar-refractivity contribution is 0.230. The first kappa shape index (κ1) is 9.27. The smallest absolute Gasteiger partial charge is 0.312 e. The highest BCUT2D eigenvalue weighted by Gasteiger charge is 2.20. The normalized spacial score (nSPS) is 14.4. The Morgan fingerprint density at radius 3 is 2.00 bits per heavy atom. The van der Waals surface area contributed by atoms with Gasteiger partial charge >= 0.3 is 6.03 Å². The van der Waals surface area contributed by atoms with Gasteiger partial charge in [-0.15, -0.1) is 0 Å². The average Bonchev–Trinajstić information content (AvgIpc) is 1.60. The van der Waals surface area contributed by atoms with Crippen LogP contribution in [0.2, 0.25) is 0 Å². The predicted octanol–water partition coefficient (Wildman–Crippen LogP) is 1.09. The lowest BCUT2D eigenvalue weighted by Gasteiger charge is -2.27. The lowest BCUT2D eigenvalue weighted by atomic mass is 9.88. The summed E-state index contributed by atoms with van der Waals surface area (Å²) in [6.07, 6.45) is 0. The number of rotatable bonds is 1. The third kappa shape index (κ3) is 3.33. The molecule has 3 N–H and O–H groups in total. The SMILES string of the molecule is C[C@@H](NC(N)=O)C(C)(C)C. The molecule has 0 spiro atoms. The first-order valence-corrected chi connectivity index (χ1v) is 3.40. The molecule has 0 unspecified atom stereocenters. The van der Waals surface area contributed by atoms with Crippen LogP contribution >= 0.6 is 0 Å². The molecule has 0 aliphatic carbocycles. The molecular formula is C7H16N2O. The largest absolute Gasteiger partial charge is 0.352 e. The molecule has 0 aliphatic heterocycles. The van der Waals surface area contributed by atoms with Crippen molar-refractivity contribution in [2.24, 2.45) is 11.1 Å². The Bertz CT molecular complexity index is 126. The Morgan fingerprint density at radius 2 is 1.90 bits per heavy atom. The van der Waals surface area contributed by atoms with Gasteiger partial charge in [0, 0.05) is 6.04 Å². The summed E-state index contributed by atoms with van der Waals surface area (Å²) >= 11 is 0. The fourth-order valence-corrected chi connectivity index (χ4v) is 0.430. The number of primary amides is 1. The first-order valence-electron chi connectivity index (χ1n) is 3.40. The van der Waals surface area contributed by atoms with Gasteiger partial charge in [0.25, 0.3) is 0 Å². The van der Waals surface area contributed by atoms with E-state index in [0.29, 0.717) is 0 Å². The topological polar surface area (TPSA) is 55.1 Å². The Labute approximate surface area is 62.0 Å². The molecule has 0 rings (SSSR count). The van der Waals surface area contributed by atoms with Gasteiger partial charge in [-0.2, -0.15) is 0 Å². The van der Waals surface area contributed by atoms with Gasteiger partial charge in [-0.05, 0) is 12.3 Å². The summed E-state index contributed by atoms with van der Waals surface area (Å²) in [5, 5.41) is 2.62. The molecule has 1 atom stereocenters. The Morgan fingerprint density at radius 1 is 1.50 bits per heavy atom. The zero-order valence-corrected chi connectivity index (χ0v) is 7.06. The summed E-state index contributed by atoms with van der Waals surface area (Å²) in [7, 11) is 0. The van der Waals surface area contributed by atoms with Gasteiger partial charge < -0.3 is 11.1 Å². The maximum Gasteiger partial charge on any atom is 0.312 e. The van der Waals surface area contributed by atoms with Crippen molar-refractivity contribution in [3.63, 3.8) is 0 Å². The minimum atomic E-state index is -0.456. The van der Waals surface area contributed by atoms with Crippen LogP contribution in [0, 0.1) is 5.41 Å². The van der Waals surface area contributed by atoms with Gasteiger partial charge in [-0.1, -0.05) is 20.8 Å². The van der Waals surface area contributed by atoms with Crippen LogP contribution in [-0.2, 0) is 0 Å². The number of hydrogen-bond acceptors (Lipinski definition) is 1. The molecule has 0 aromatic carbocycles. The van der Waals surface area contributed by atoms with Gasteiger partial charge in [0.2, 0.25) is 0 Å². The molecule has 0 radical (unpaired) electrons. The number of amides is 2. The van der Waals surface area contributed by atoms with Crippen molar-refractivity contribution in [3.8, 4) is 0 Å². The Kier molecular flexibility index (Phi) is 2.69. The van der Waals surface area contributed by atoms with Gasteiger partial charge in [0.15, 0.2) is 0 Å². The number of hydrogen-bond donors (Lipinski definition) is 2. The molecule has 0 fully saturated rings. The van der Waals surface area contributed by atoms with E-state index in [-0.39, 0.29) is 11.5 Å². The van der Waals surface area contributed by atoms with Crippen molar-refractivity contribution >= 4 is 6.03 Å². The molecule has 0 bridgehead atoms. The van der Waals surface area contributed by atoms with Crippen LogP contribution in [0.25, 0.3) is 0 Å². The van der Waals surface area contributed by atoms with E-state index < -0.39 is 6.03 Å². The second kappa shape index (κ2) is 2.90. The summed E-state index contributed by atoms with van der Waals surface area (Å²) in [5.74, 6) is 0. The maximum atomic E-state index is 10.4. The predicted molar refractivity (Wildman–Crippen MR) is 41.6 cm³/mol. The molecular weight excluding hydrogens is 128 g/mol. The molecule has 2 amide bonds. The lowest BCUT2D eigenvalue weighted by Crippen LogP contribution is -2.43. The van der Waals surface area contributed by atoms with E-state index in [4.69, 9.17) is 5.73 Å². The zero-order chi connectivity index (χ0) is 8.36. The maximum absolute atomic E-state index is 10.4. The van der Waals surface area contributed by atoms with Crippen molar-refractivity contribution in [3.05, 3.63) is 0 Å². The Hall–Kier alpha value is -0.730. The summed E-state index contributed by atoms with van der Waals surface area (Å²) in [4.78, 5) is 10.4. The highest BCUT2D eigenvalue weighted by molar-refractivity contribution is 5.71. The first-order chi connectivity index (χ1) is 4.34. The molecule has 0 aromatic heterocycles. The monoisotopic (exact) mass is 144 g/mol. The summed E-state index contributed by atoms with van der Waals surface area (Å²) in [6, 6.07) is -0.340. The average molecular weight is 144 g/mol. The summed E-state index contributed by atoms with van der Waals surface area (Å²) in [6.45, 7) is 8.08. The highest BCUT2D eigenvalue weighted by Crippen LogP contribution is 2.17. The van der Waals surface area contributed by atoms with Crippen molar-refractivity contribution in [1.82, 2.24) is 5.32 Å². The van der Waals surface area contributed by atoms with Crippen LogP contribution in [0.5, 0.6) is 0 Å². The van der Waals surface area contributed by atoms with Crippen LogP contribution in [-0.4, -0.2) is 12.1 Å². The molecule has 60 valence electrons. The van der Waals surface area contributed by atoms with Crippen molar-refractivity contribution in [2.45, 2.75) is 33.7 Å². The number of urea groups is 1. The number of nitrogens with two attached hydrogens (primary N) is 1. The number of carbonyl (C=O) groups excluding carboxylic acids is 1. The number of nitrogens with one attached hydrogen (secondary N) is 1. The number of carbonyl (C=O) groups is 1. The van der Waals surface area contributed by atoms with Gasteiger partial charge in [-0.25, -0.2) is 4.79 Å². The van der Waals surface area contributed by atoms with Crippen molar-refractivity contribution in [2.75, 3.05) is 0 Å². The van der Waals surface area contributed by atoms with Crippen molar-refractivity contribution < 1.29 is 4.79 Å². The quantitative estimate of drug-likeness (QED) is 0.568. The van der Waals surface area contributed by atoms with Crippen molar-refractivity contribution in [1.29, 1.82) is 0 Å². The fourth-order valence-electron chi connectivity index (χ4n) is 0.430. The van der Waals surface area contributed by atoms with Crippen LogP contribution in [0.15, 0.2) is 0 Å². The zero-order valence-electron chi connectivity index (χ0n) is 7.06. The third-order valence-electron chi connectivity index (χ3n) is 1.66. The molecule has 0 heterocycles. The van der Waals surface area contributed by atoms with Gasteiger partial charge in [0.1, 0.15) is 0 Å². The second-order valence-electron chi connectivity index (χ2n) is 3.60. The van der Waals surface area contributed by atoms with Crippen LogP contribution in [0.1, 0.15) is 27.7 Å². The molecule has 0 aliphatic rings. The fraction of sp³-hybridized carbons (Fsp3) is 0.857. The molecule has 0 saturated heterocycles. The van der Waals surface area contributed by atoms with E-state index >= 15 is 0 Å². The minimum Gasteiger partial charge on any atom is -0.352 e. The molecule has 0 aromatic rings. The van der Waals surface area contributed by atoms with E-state index in [1.165, 1.54) is 0 Å². The summed E-state index contributed by atoms with van der Waals surface area (Å²) in [5.41, 5.74) is 5.02. The van der Waals surface area contributed by atoms with E-state index in [9.17, 15) is 4.79 Å². The molecule has 3 heteroatoms. The molecule has 0 saturated carbocycles. The summed E-state index contributed by atoms with van der Waals surface area (Å²) < 4.78 is 0. The Balaban J connectivity index is 3.85. The van der Waals surface area contributed by atoms with Crippen LogP contribution in [0.4, 0.5) is 4.79 Å². The van der Waals surface area contributed by atoms with E-state index in [2.05, 4.69) is 5.32 Å². The molecule has 3 nitrogen and oxygen atoms in total. The van der Waals surface area contributed by atoms with E-state index in [1.54, 1.807) is 0 Å². The minimum absolute atomic E-state index is 0.0784. The van der Waals surface area contributed by atoms with Crippen LogP contribution < -0.4 is 11.1 Å². The standard InChI is InChI=1S/C7H16N2O/c1-5(7(2,3)4)9-6(8)10/h5H,1-4H3,(H3,8,9,10)/t5-/m1/s1.